The van der Waals surface area contributed by atoms with E-state index in [4.69, 9.17) is 9.26 Å². The van der Waals surface area contributed by atoms with Gasteiger partial charge in [-0.05, 0) is 30.3 Å². The normalized spacial score (nSPS) is 10.9. The molecular formula is C18H19N3O3S. The minimum atomic E-state index is -0.145. The standard InChI is InChI=1S/C18H19N3O3S/c1-11(2)16-20-18(24-21-16)15-8-7-14(25-15)10-19-17(22)12-5-4-6-13(9-12)23-3/h4-9,11H,10H2,1-3H3,(H,19,22). The number of methoxy groups -OCH3 is 1. The molecule has 0 saturated carbocycles. The highest BCUT2D eigenvalue weighted by atomic mass is 32.1. The van der Waals surface area contributed by atoms with Crippen LogP contribution in [0.2, 0.25) is 0 Å². The minimum absolute atomic E-state index is 0.145. The molecule has 3 aromatic rings. The van der Waals surface area contributed by atoms with Crippen molar-refractivity contribution in [3.63, 3.8) is 0 Å². The predicted octanol–water partition coefficient (Wildman–Crippen LogP) is 3.86. The van der Waals surface area contributed by atoms with E-state index in [1.54, 1.807) is 31.4 Å². The van der Waals surface area contributed by atoms with Crippen molar-refractivity contribution in [2.45, 2.75) is 26.3 Å². The number of nitrogens with one attached hydrogen (secondary N) is 1. The fraction of sp³-hybridized carbons (Fsp3) is 0.278. The summed E-state index contributed by atoms with van der Waals surface area (Å²) >= 11 is 1.52. The van der Waals surface area contributed by atoms with Crippen molar-refractivity contribution in [1.82, 2.24) is 15.5 Å². The van der Waals surface area contributed by atoms with Crippen LogP contribution in [0.15, 0.2) is 40.9 Å². The van der Waals surface area contributed by atoms with Crippen molar-refractivity contribution < 1.29 is 14.1 Å². The van der Waals surface area contributed by atoms with Crippen LogP contribution in [-0.4, -0.2) is 23.2 Å². The van der Waals surface area contributed by atoms with Crippen molar-refractivity contribution in [3.8, 4) is 16.5 Å². The minimum Gasteiger partial charge on any atom is -0.497 e. The summed E-state index contributed by atoms with van der Waals surface area (Å²) in [6.45, 7) is 4.47. The zero-order valence-electron chi connectivity index (χ0n) is 14.3. The quantitative estimate of drug-likeness (QED) is 0.725. The zero-order chi connectivity index (χ0) is 17.8. The van der Waals surface area contributed by atoms with Crippen molar-refractivity contribution in [2.24, 2.45) is 0 Å². The van der Waals surface area contributed by atoms with Gasteiger partial charge in [0.15, 0.2) is 5.82 Å². The lowest BCUT2D eigenvalue weighted by Gasteiger charge is -2.05. The number of thiophene rings is 1. The molecule has 130 valence electrons. The van der Waals surface area contributed by atoms with E-state index in [2.05, 4.69) is 15.5 Å². The molecule has 0 unspecified atom stereocenters. The number of nitrogens with zero attached hydrogens (tertiary/aromatic N) is 2. The number of ether oxygens (including phenoxy) is 1. The van der Waals surface area contributed by atoms with Crippen LogP contribution >= 0.6 is 11.3 Å². The van der Waals surface area contributed by atoms with Crippen LogP contribution in [-0.2, 0) is 6.54 Å². The molecule has 0 spiro atoms. The maximum atomic E-state index is 12.2. The lowest BCUT2D eigenvalue weighted by Crippen LogP contribution is -2.22. The maximum Gasteiger partial charge on any atom is 0.268 e. The number of benzene rings is 1. The molecule has 0 atom stereocenters. The number of aromatic nitrogens is 2. The zero-order valence-corrected chi connectivity index (χ0v) is 15.1. The first-order valence-corrected chi connectivity index (χ1v) is 8.73. The molecule has 6 nitrogen and oxygen atoms in total. The van der Waals surface area contributed by atoms with E-state index in [-0.39, 0.29) is 11.8 Å². The second-order valence-electron chi connectivity index (χ2n) is 5.79. The molecule has 1 N–H and O–H groups in total. The first-order chi connectivity index (χ1) is 12.1. The summed E-state index contributed by atoms with van der Waals surface area (Å²) in [5.41, 5.74) is 0.564. The monoisotopic (exact) mass is 357 g/mol. The van der Waals surface area contributed by atoms with Crippen LogP contribution in [0.25, 0.3) is 10.8 Å². The van der Waals surface area contributed by atoms with E-state index in [1.807, 2.05) is 26.0 Å². The van der Waals surface area contributed by atoms with Gasteiger partial charge in [-0.1, -0.05) is 25.1 Å². The Hall–Kier alpha value is -2.67. The van der Waals surface area contributed by atoms with E-state index in [9.17, 15) is 4.79 Å². The Balaban J connectivity index is 1.64. The third-order valence-corrected chi connectivity index (χ3v) is 4.66. The van der Waals surface area contributed by atoms with Gasteiger partial charge in [0.05, 0.1) is 18.5 Å². The molecule has 25 heavy (non-hydrogen) atoms. The van der Waals surface area contributed by atoms with Crippen molar-refractivity contribution in [2.75, 3.05) is 7.11 Å². The van der Waals surface area contributed by atoms with E-state index in [0.717, 1.165) is 9.75 Å². The van der Waals surface area contributed by atoms with Gasteiger partial charge in [0.2, 0.25) is 0 Å². The average molecular weight is 357 g/mol. The molecule has 2 aromatic heterocycles. The Labute approximate surface area is 149 Å². The summed E-state index contributed by atoms with van der Waals surface area (Å²) in [5.74, 6) is 1.94. The van der Waals surface area contributed by atoms with Gasteiger partial charge in [-0.3, -0.25) is 4.79 Å². The molecule has 0 radical (unpaired) electrons. The van der Waals surface area contributed by atoms with Gasteiger partial charge in [0, 0.05) is 16.4 Å². The van der Waals surface area contributed by atoms with Gasteiger partial charge in [-0.2, -0.15) is 4.98 Å². The first kappa shape index (κ1) is 17.2. The Morgan fingerprint density at radius 3 is 2.88 bits per heavy atom. The summed E-state index contributed by atoms with van der Waals surface area (Å²) in [6, 6.07) is 10.9. The predicted molar refractivity (Wildman–Crippen MR) is 95.9 cm³/mol. The lowest BCUT2D eigenvalue weighted by molar-refractivity contribution is 0.0951. The molecular weight excluding hydrogens is 338 g/mol. The molecule has 1 amide bonds. The Morgan fingerprint density at radius 1 is 1.32 bits per heavy atom. The SMILES string of the molecule is COc1cccc(C(=O)NCc2ccc(-c3nc(C(C)C)no3)s2)c1. The topological polar surface area (TPSA) is 77.2 Å². The highest BCUT2D eigenvalue weighted by Gasteiger charge is 2.14. The molecule has 0 aliphatic carbocycles. The molecule has 0 bridgehead atoms. The summed E-state index contributed by atoms with van der Waals surface area (Å²) < 4.78 is 10.4. The van der Waals surface area contributed by atoms with Gasteiger partial charge < -0.3 is 14.6 Å². The Bertz CT molecular complexity index is 870. The Morgan fingerprint density at radius 2 is 2.16 bits per heavy atom. The third kappa shape index (κ3) is 4.06. The second kappa shape index (κ2) is 7.48. The molecule has 1 aromatic carbocycles. The smallest absolute Gasteiger partial charge is 0.268 e. The molecule has 3 rings (SSSR count). The van der Waals surface area contributed by atoms with Crippen LogP contribution in [0.4, 0.5) is 0 Å². The van der Waals surface area contributed by atoms with E-state index in [1.165, 1.54) is 11.3 Å². The summed E-state index contributed by atoms with van der Waals surface area (Å²) in [6.07, 6.45) is 0. The number of carbonyl (C=O) groups excluding carboxylic acids is 1. The molecule has 0 aliphatic rings. The molecule has 2 heterocycles. The van der Waals surface area contributed by atoms with Gasteiger partial charge in [-0.25, -0.2) is 0 Å². The van der Waals surface area contributed by atoms with Crippen LogP contribution in [0.3, 0.4) is 0 Å². The summed E-state index contributed by atoms with van der Waals surface area (Å²) in [4.78, 5) is 18.5. The maximum absolute atomic E-state index is 12.2. The summed E-state index contributed by atoms with van der Waals surface area (Å²) in [7, 11) is 1.58. The number of hydrogen-bond donors (Lipinski definition) is 1. The largest absolute Gasteiger partial charge is 0.497 e. The fourth-order valence-corrected chi connectivity index (χ4v) is 3.06. The molecule has 0 aliphatic heterocycles. The van der Waals surface area contributed by atoms with Gasteiger partial charge in [-0.15, -0.1) is 11.3 Å². The number of carbonyl (C=O) groups is 1. The second-order valence-corrected chi connectivity index (χ2v) is 6.96. The van der Waals surface area contributed by atoms with Crippen molar-refractivity contribution >= 4 is 17.2 Å². The number of amides is 1. The van der Waals surface area contributed by atoms with E-state index < -0.39 is 0 Å². The molecule has 0 saturated heterocycles. The third-order valence-electron chi connectivity index (χ3n) is 3.59. The van der Waals surface area contributed by atoms with Gasteiger partial charge in [0.1, 0.15) is 5.75 Å². The Kier molecular flexibility index (Phi) is 5.14. The summed E-state index contributed by atoms with van der Waals surface area (Å²) in [5, 5.41) is 6.87. The van der Waals surface area contributed by atoms with Crippen LogP contribution < -0.4 is 10.1 Å². The highest BCUT2D eigenvalue weighted by Crippen LogP contribution is 2.27. The fourth-order valence-electron chi connectivity index (χ4n) is 2.19. The van der Waals surface area contributed by atoms with Gasteiger partial charge >= 0.3 is 0 Å². The van der Waals surface area contributed by atoms with Crippen LogP contribution in [0.5, 0.6) is 5.75 Å². The van der Waals surface area contributed by atoms with Crippen LogP contribution in [0.1, 0.15) is 40.8 Å². The highest BCUT2D eigenvalue weighted by molar-refractivity contribution is 7.15. The van der Waals surface area contributed by atoms with Crippen molar-refractivity contribution in [1.29, 1.82) is 0 Å². The number of hydrogen-bond acceptors (Lipinski definition) is 6. The van der Waals surface area contributed by atoms with Crippen molar-refractivity contribution in [3.05, 3.63) is 52.7 Å². The van der Waals surface area contributed by atoms with E-state index >= 15 is 0 Å². The molecule has 0 fully saturated rings. The van der Waals surface area contributed by atoms with Crippen LogP contribution in [0, 0.1) is 0 Å². The van der Waals surface area contributed by atoms with E-state index in [0.29, 0.717) is 29.6 Å². The average Bonchev–Trinajstić information content (AvgIpc) is 3.28. The molecule has 7 heteroatoms. The van der Waals surface area contributed by atoms with Gasteiger partial charge in [0.25, 0.3) is 11.8 Å². The lowest BCUT2D eigenvalue weighted by atomic mass is 10.2. The first-order valence-electron chi connectivity index (χ1n) is 7.91. The number of rotatable bonds is 6.